The molecule has 0 amide bonds. The van der Waals surface area contributed by atoms with Crippen LogP contribution in [0.25, 0.3) is 0 Å². The molecule has 6 nitrogen and oxygen atoms in total. The summed E-state index contributed by atoms with van der Waals surface area (Å²) in [6, 6.07) is 0. The first-order valence-electron chi connectivity index (χ1n) is 1.57. The Morgan fingerprint density at radius 1 is 0.818 bits per heavy atom. The first-order valence-corrected chi connectivity index (χ1v) is 7.10. The predicted molar refractivity (Wildman–Crippen MR) is 42.1 cm³/mol. The zero-order valence-corrected chi connectivity index (χ0v) is 10.0. The van der Waals surface area contributed by atoms with Crippen molar-refractivity contribution in [3.8, 4) is 0 Å². The molecule has 0 saturated carbocycles. The van der Waals surface area contributed by atoms with Gasteiger partial charge in [0, 0.05) is 21.7 Å². The molecule has 0 aromatic carbocycles. The topological polar surface area (TPSA) is 115 Å². The second-order valence-corrected chi connectivity index (χ2v) is 6.21. The fourth-order valence-electron chi connectivity index (χ4n) is 0. The van der Waals surface area contributed by atoms with Crippen LogP contribution in [0.3, 0.4) is 0 Å². The van der Waals surface area contributed by atoms with Gasteiger partial charge in [0.25, 0.3) is 0 Å². The molecule has 0 atom stereocenters. The van der Waals surface area contributed by atoms with E-state index in [0.717, 1.165) is 0 Å². The van der Waals surface area contributed by atoms with Crippen LogP contribution in [0.15, 0.2) is 0 Å². The van der Waals surface area contributed by atoms with Crippen molar-refractivity contribution in [2.24, 2.45) is 0 Å². The smallest absolute Gasteiger partial charge is 0.317 e. The fourth-order valence-corrected chi connectivity index (χ4v) is 0. The molecule has 0 fully saturated rings. The third-order valence-electron chi connectivity index (χ3n) is 0. The zero-order chi connectivity index (χ0) is 9.00. The molecule has 0 saturated heterocycles. The van der Waals surface area contributed by atoms with Crippen LogP contribution in [-0.2, 0) is 30.8 Å². The van der Waals surface area contributed by atoms with E-state index in [-0.39, 0.29) is 21.7 Å². The van der Waals surface area contributed by atoms with Crippen molar-refractivity contribution < 1.29 is 50.4 Å². The first-order chi connectivity index (χ1) is 4.00. The summed E-state index contributed by atoms with van der Waals surface area (Å²) in [6.45, 7) is -7.89. The molecule has 0 unspecified atom stereocenters. The average Bonchev–Trinajstić information content (AvgIpc) is 1.12. The van der Waals surface area contributed by atoms with E-state index in [1.165, 1.54) is 0 Å². The molecule has 11 heavy (non-hydrogen) atoms. The third-order valence-corrected chi connectivity index (χ3v) is 0. The SMILES string of the molecule is O=P(O)(O)S.O=P(O)(O)S.[Ti]. The summed E-state index contributed by atoms with van der Waals surface area (Å²) in [7, 11) is 0. The summed E-state index contributed by atoms with van der Waals surface area (Å²) < 4.78 is 18.4. The number of thiol groups is 2. The van der Waals surface area contributed by atoms with Crippen molar-refractivity contribution >= 4 is 38.1 Å². The Morgan fingerprint density at radius 2 is 0.818 bits per heavy atom. The summed E-state index contributed by atoms with van der Waals surface area (Å²) in [4.78, 5) is 30.0. The van der Waals surface area contributed by atoms with Crippen LogP contribution < -0.4 is 0 Å². The summed E-state index contributed by atoms with van der Waals surface area (Å²) in [5, 5.41) is 0. The van der Waals surface area contributed by atoms with Gasteiger partial charge in [-0.15, -0.1) is 0 Å². The largest absolute Gasteiger partial charge is 0.380 e. The average molecular weight is 276 g/mol. The molecule has 0 aliphatic heterocycles. The van der Waals surface area contributed by atoms with Crippen LogP contribution in [0, 0.1) is 0 Å². The van der Waals surface area contributed by atoms with Crippen molar-refractivity contribution in [3.05, 3.63) is 0 Å². The van der Waals surface area contributed by atoms with Gasteiger partial charge in [-0.25, -0.2) is 9.13 Å². The second kappa shape index (κ2) is 7.15. The number of hydrogen-bond donors (Lipinski definition) is 6. The fraction of sp³-hybridized carbons (Fsp3) is 0. The van der Waals surface area contributed by atoms with Gasteiger partial charge in [-0.05, 0) is 0 Å². The molecule has 11 heteroatoms. The van der Waals surface area contributed by atoms with Gasteiger partial charge < -0.3 is 19.6 Å². The molecule has 0 radical (unpaired) electrons. The Hall–Kier alpha value is 1.71. The molecule has 0 bridgehead atoms. The summed E-state index contributed by atoms with van der Waals surface area (Å²) >= 11 is 5.58. The maximum Gasteiger partial charge on any atom is 0.380 e. The molecule has 0 spiro atoms. The Balaban J connectivity index is -0.000000107. The molecular weight excluding hydrogens is 270 g/mol. The van der Waals surface area contributed by atoms with Gasteiger partial charge in [0.15, 0.2) is 0 Å². The van der Waals surface area contributed by atoms with Gasteiger partial charge in [0.1, 0.15) is 0 Å². The molecule has 0 heterocycles. The van der Waals surface area contributed by atoms with Gasteiger partial charge in [0.2, 0.25) is 0 Å². The predicted octanol–water partition coefficient (Wildman–Crippen LogP) is 0.0153. The van der Waals surface area contributed by atoms with Crippen LogP contribution in [0.2, 0.25) is 0 Å². The third kappa shape index (κ3) is 376. The van der Waals surface area contributed by atoms with E-state index in [1.807, 2.05) is 0 Å². The summed E-state index contributed by atoms with van der Waals surface area (Å²) in [5.41, 5.74) is 0. The molecule has 4 N–H and O–H groups in total. The molecule has 0 aromatic rings. The van der Waals surface area contributed by atoms with E-state index >= 15 is 0 Å². The number of hydrogen-bond acceptors (Lipinski definition) is 2. The van der Waals surface area contributed by atoms with Crippen molar-refractivity contribution in [1.29, 1.82) is 0 Å². The minimum absolute atomic E-state index is 0. The summed E-state index contributed by atoms with van der Waals surface area (Å²) in [5.74, 6) is 0. The Bertz CT molecular complexity index is 131. The minimum atomic E-state index is -3.94. The van der Waals surface area contributed by atoms with Crippen LogP contribution in [0.5, 0.6) is 0 Å². The van der Waals surface area contributed by atoms with Crippen molar-refractivity contribution in [3.63, 3.8) is 0 Å². The zero-order valence-electron chi connectivity index (χ0n) is 4.89. The molecule has 68 valence electrons. The Labute approximate surface area is 88.3 Å². The van der Waals surface area contributed by atoms with Gasteiger partial charge in [0.05, 0.1) is 0 Å². The van der Waals surface area contributed by atoms with Crippen molar-refractivity contribution in [1.82, 2.24) is 0 Å². The van der Waals surface area contributed by atoms with Crippen LogP contribution in [0.1, 0.15) is 0 Å². The van der Waals surface area contributed by atoms with Gasteiger partial charge in [-0.1, -0.05) is 24.5 Å². The van der Waals surface area contributed by atoms with Crippen molar-refractivity contribution in [2.45, 2.75) is 0 Å². The molecule has 0 rings (SSSR count). The van der Waals surface area contributed by atoms with Crippen LogP contribution in [-0.4, -0.2) is 19.6 Å². The maximum atomic E-state index is 9.19. The van der Waals surface area contributed by atoms with E-state index in [1.54, 1.807) is 0 Å². The van der Waals surface area contributed by atoms with E-state index in [2.05, 4.69) is 24.5 Å². The molecule has 0 aliphatic rings. The quantitative estimate of drug-likeness (QED) is 0.211. The van der Waals surface area contributed by atoms with Crippen LogP contribution in [0.4, 0.5) is 0 Å². The molecule has 0 aliphatic carbocycles. The first kappa shape index (κ1) is 18.5. The molecular formula is H6O6P2S2Ti. The Kier molecular flexibility index (Phi) is 12.0. The minimum Gasteiger partial charge on any atom is -0.317 e. The second-order valence-electron chi connectivity index (χ2n) is 1.03. The molecule has 0 aromatic heterocycles. The van der Waals surface area contributed by atoms with E-state index in [9.17, 15) is 9.13 Å². The van der Waals surface area contributed by atoms with Gasteiger partial charge in [-0.2, -0.15) is 0 Å². The van der Waals surface area contributed by atoms with E-state index in [4.69, 9.17) is 19.6 Å². The van der Waals surface area contributed by atoms with Gasteiger partial charge in [-0.3, -0.25) is 0 Å². The monoisotopic (exact) mass is 276 g/mol. The normalized spacial score (nSPS) is 10.7. The van der Waals surface area contributed by atoms with Crippen molar-refractivity contribution in [2.75, 3.05) is 0 Å². The van der Waals surface area contributed by atoms with Gasteiger partial charge >= 0.3 is 13.6 Å². The van der Waals surface area contributed by atoms with E-state index in [0.29, 0.717) is 0 Å². The summed E-state index contributed by atoms with van der Waals surface area (Å²) in [6.07, 6.45) is 0. The standard InChI is InChI=1S/2H3O3PS.Ti/c2*1-4(2,3)5;/h2*(H3,1,2,3,5);. The number of rotatable bonds is 0. The maximum absolute atomic E-state index is 9.19. The Morgan fingerprint density at radius 3 is 0.818 bits per heavy atom. The van der Waals surface area contributed by atoms with Crippen LogP contribution >= 0.6 is 38.1 Å². The van der Waals surface area contributed by atoms with E-state index < -0.39 is 13.6 Å².